The average Bonchev–Trinajstić information content (AvgIpc) is 2.60. The van der Waals surface area contributed by atoms with Gasteiger partial charge in [-0.2, -0.15) is 0 Å². The standard InChI is InChI=1S/C18H19F2NO3/c19-15-6-3-5-13(18(15)20)8-9-17(23)21-12-14-4-1-2-7-16(14)24-11-10-22/h1-7,22H,8-12H2,(H,21,23). The zero-order valence-corrected chi connectivity index (χ0v) is 13.1. The summed E-state index contributed by atoms with van der Waals surface area (Å²) >= 11 is 0. The molecule has 0 saturated carbocycles. The van der Waals surface area contributed by atoms with Crippen LogP contribution in [-0.2, 0) is 17.8 Å². The summed E-state index contributed by atoms with van der Waals surface area (Å²) in [4.78, 5) is 11.9. The van der Waals surface area contributed by atoms with E-state index in [0.29, 0.717) is 5.75 Å². The van der Waals surface area contributed by atoms with Crippen LogP contribution in [0.5, 0.6) is 5.75 Å². The van der Waals surface area contributed by atoms with Crippen molar-refractivity contribution in [2.45, 2.75) is 19.4 Å². The number of aryl methyl sites for hydroxylation is 1. The maximum absolute atomic E-state index is 13.5. The number of rotatable bonds is 8. The first kappa shape index (κ1) is 17.9. The molecule has 0 aliphatic carbocycles. The molecular formula is C18H19F2NO3. The highest BCUT2D eigenvalue weighted by Gasteiger charge is 2.10. The Kier molecular flexibility index (Phi) is 6.69. The molecule has 0 aromatic heterocycles. The molecule has 0 aliphatic rings. The maximum Gasteiger partial charge on any atom is 0.220 e. The molecule has 0 fully saturated rings. The molecule has 6 heteroatoms. The van der Waals surface area contributed by atoms with Gasteiger partial charge in [-0.1, -0.05) is 30.3 Å². The van der Waals surface area contributed by atoms with E-state index >= 15 is 0 Å². The monoisotopic (exact) mass is 335 g/mol. The molecule has 2 aromatic carbocycles. The topological polar surface area (TPSA) is 58.6 Å². The number of para-hydroxylation sites is 1. The molecule has 128 valence electrons. The summed E-state index contributed by atoms with van der Waals surface area (Å²) in [5.74, 6) is -1.51. The number of hydrogen-bond donors (Lipinski definition) is 2. The number of aliphatic hydroxyl groups excluding tert-OH is 1. The van der Waals surface area contributed by atoms with Crippen molar-refractivity contribution in [3.8, 4) is 5.75 Å². The van der Waals surface area contributed by atoms with Gasteiger partial charge >= 0.3 is 0 Å². The minimum Gasteiger partial charge on any atom is -0.491 e. The Labute approximate surface area is 139 Å². The molecule has 2 rings (SSSR count). The van der Waals surface area contributed by atoms with E-state index in [1.54, 1.807) is 18.2 Å². The Morgan fingerprint density at radius 1 is 1.08 bits per heavy atom. The van der Waals surface area contributed by atoms with E-state index in [1.807, 2.05) is 6.07 Å². The molecule has 0 atom stereocenters. The van der Waals surface area contributed by atoms with Crippen LogP contribution in [0, 0.1) is 11.6 Å². The summed E-state index contributed by atoms with van der Waals surface area (Å²) in [6.45, 7) is 0.329. The van der Waals surface area contributed by atoms with Gasteiger partial charge < -0.3 is 15.2 Å². The van der Waals surface area contributed by atoms with Gasteiger partial charge in [-0.05, 0) is 24.1 Å². The van der Waals surface area contributed by atoms with Crippen LogP contribution >= 0.6 is 0 Å². The zero-order valence-electron chi connectivity index (χ0n) is 13.1. The van der Waals surface area contributed by atoms with Crippen molar-refractivity contribution in [2.24, 2.45) is 0 Å². The second-order valence-electron chi connectivity index (χ2n) is 5.17. The molecular weight excluding hydrogens is 316 g/mol. The molecule has 0 spiro atoms. The van der Waals surface area contributed by atoms with E-state index < -0.39 is 11.6 Å². The van der Waals surface area contributed by atoms with E-state index in [0.717, 1.165) is 11.6 Å². The highest BCUT2D eigenvalue weighted by Crippen LogP contribution is 2.18. The van der Waals surface area contributed by atoms with Gasteiger partial charge in [-0.25, -0.2) is 8.78 Å². The van der Waals surface area contributed by atoms with Crippen LogP contribution in [0.15, 0.2) is 42.5 Å². The smallest absolute Gasteiger partial charge is 0.220 e. The highest BCUT2D eigenvalue weighted by atomic mass is 19.2. The minimum atomic E-state index is -0.914. The second kappa shape index (κ2) is 8.98. The number of halogens is 2. The minimum absolute atomic E-state index is 0.0556. The van der Waals surface area contributed by atoms with E-state index in [4.69, 9.17) is 9.84 Å². The van der Waals surface area contributed by atoms with Gasteiger partial charge in [0, 0.05) is 18.5 Å². The summed E-state index contributed by atoms with van der Waals surface area (Å²) in [6.07, 6.45) is 0.179. The molecule has 0 unspecified atom stereocenters. The van der Waals surface area contributed by atoms with Gasteiger partial charge in [-0.15, -0.1) is 0 Å². The fraction of sp³-hybridized carbons (Fsp3) is 0.278. The lowest BCUT2D eigenvalue weighted by molar-refractivity contribution is -0.121. The van der Waals surface area contributed by atoms with Gasteiger partial charge in [0.05, 0.1) is 6.61 Å². The second-order valence-corrected chi connectivity index (χ2v) is 5.17. The van der Waals surface area contributed by atoms with Crippen LogP contribution in [0.25, 0.3) is 0 Å². The summed E-state index contributed by atoms with van der Waals surface area (Å²) in [7, 11) is 0. The fourth-order valence-electron chi connectivity index (χ4n) is 2.22. The third-order valence-corrected chi connectivity index (χ3v) is 3.45. The first-order valence-electron chi connectivity index (χ1n) is 7.63. The lowest BCUT2D eigenvalue weighted by Crippen LogP contribution is -2.23. The first-order valence-corrected chi connectivity index (χ1v) is 7.63. The van der Waals surface area contributed by atoms with Crippen molar-refractivity contribution in [2.75, 3.05) is 13.2 Å². The zero-order chi connectivity index (χ0) is 17.4. The van der Waals surface area contributed by atoms with Crippen LogP contribution in [0.1, 0.15) is 17.5 Å². The number of benzene rings is 2. The molecule has 0 bridgehead atoms. The Bertz CT molecular complexity index is 692. The average molecular weight is 335 g/mol. The van der Waals surface area contributed by atoms with Crippen molar-refractivity contribution in [3.63, 3.8) is 0 Å². The Morgan fingerprint density at radius 2 is 1.83 bits per heavy atom. The van der Waals surface area contributed by atoms with Crippen LogP contribution in [0.3, 0.4) is 0 Å². The Hall–Kier alpha value is -2.47. The maximum atomic E-state index is 13.5. The van der Waals surface area contributed by atoms with E-state index in [1.165, 1.54) is 12.1 Å². The number of hydrogen-bond acceptors (Lipinski definition) is 3. The molecule has 0 radical (unpaired) electrons. The third-order valence-electron chi connectivity index (χ3n) is 3.45. The van der Waals surface area contributed by atoms with Crippen LogP contribution < -0.4 is 10.1 Å². The Morgan fingerprint density at radius 3 is 2.62 bits per heavy atom. The third kappa shape index (κ3) is 5.03. The van der Waals surface area contributed by atoms with Crippen molar-refractivity contribution in [1.29, 1.82) is 0 Å². The van der Waals surface area contributed by atoms with Crippen molar-refractivity contribution < 1.29 is 23.4 Å². The van der Waals surface area contributed by atoms with Crippen molar-refractivity contribution >= 4 is 5.91 Å². The number of nitrogens with one attached hydrogen (secondary N) is 1. The predicted octanol–water partition coefficient (Wildman–Crippen LogP) is 2.58. The predicted molar refractivity (Wildman–Crippen MR) is 85.5 cm³/mol. The first-order chi connectivity index (χ1) is 11.6. The number of ether oxygens (including phenoxy) is 1. The van der Waals surface area contributed by atoms with E-state index in [-0.39, 0.29) is 44.1 Å². The van der Waals surface area contributed by atoms with Crippen molar-refractivity contribution in [1.82, 2.24) is 5.32 Å². The molecule has 0 aliphatic heterocycles. The number of aliphatic hydroxyl groups is 1. The van der Waals surface area contributed by atoms with Gasteiger partial charge in [0.1, 0.15) is 12.4 Å². The van der Waals surface area contributed by atoms with Gasteiger partial charge in [-0.3, -0.25) is 4.79 Å². The fourth-order valence-corrected chi connectivity index (χ4v) is 2.22. The van der Waals surface area contributed by atoms with E-state index in [9.17, 15) is 13.6 Å². The largest absolute Gasteiger partial charge is 0.491 e. The summed E-state index contributed by atoms with van der Waals surface area (Å²) in [5, 5.41) is 11.5. The van der Waals surface area contributed by atoms with Crippen molar-refractivity contribution in [3.05, 3.63) is 65.2 Å². The highest BCUT2D eigenvalue weighted by molar-refractivity contribution is 5.76. The molecule has 24 heavy (non-hydrogen) atoms. The number of carbonyl (C=O) groups is 1. The van der Waals surface area contributed by atoms with Crippen LogP contribution in [0.2, 0.25) is 0 Å². The molecule has 2 aromatic rings. The SMILES string of the molecule is O=C(CCc1cccc(F)c1F)NCc1ccccc1OCCO. The summed E-state index contributed by atoms with van der Waals surface area (Å²) in [5.41, 5.74) is 0.952. The quantitative estimate of drug-likeness (QED) is 0.780. The van der Waals surface area contributed by atoms with Crippen LogP contribution in [-0.4, -0.2) is 24.2 Å². The number of amides is 1. The lowest BCUT2D eigenvalue weighted by atomic mass is 10.1. The molecule has 2 N–H and O–H groups in total. The normalized spacial score (nSPS) is 10.5. The van der Waals surface area contributed by atoms with Crippen LogP contribution in [0.4, 0.5) is 8.78 Å². The molecule has 4 nitrogen and oxygen atoms in total. The lowest BCUT2D eigenvalue weighted by Gasteiger charge is -2.11. The number of carbonyl (C=O) groups excluding carboxylic acids is 1. The summed E-state index contributed by atoms with van der Waals surface area (Å²) in [6, 6.07) is 11.1. The molecule has 1 amide bonds. The van der Waals surface area contributed by atoms with Gasteiger partial charge in [0.25, 0.3) is 0 Å². The Balaban J connectivity index is 1.86. The van der Waals surface area contributed by atoms with Gasteiger partial charge in [0.2, 0.25) is 5.91 Å². The van der Waals surface area contributed by atoms with E-state index in [2.05, 4.69) is 5.32 Å². The molecule has 0 saturated heterocycles. The van der Waals surface area contributed by atoms with Gasteiger partial charge in [0.15, 0.2) is 11.6 Å². The molecule has 0 heterocycles. The summed E-state index contributed by atoms with van der Waals surface area (Å²) < 4.78 is 32.0.